The highest BCUT2D eigenvalue weighted by atomic mass is 32.2. The van der Waals surface area contributed by atoms with E-state index in [2.05, 4.69) is 14.8 Å². The first-order chi connectivity index (χ1) is 12.4. The van der Waals surface area contributed by atoms with Crippen molar-refractivity contribution in [2.45, 2.75) is 56.6 Å². The molecule has 3 heterocycles. The number of aromatic nitrogens is 3. The molecule has 4 rings (SSSR count). The van der Waals surface area contributed by atoms with E-state index in [1.165, 1.54) is 13.3 Å². The van der Waals surface area contributed by atoms with Gasteiger partial charge in [-0.2, -0.15) is 5.10 Å². The Morgan fingerprint density at radius 2 is 2.15 bits per heavy atom. The summed E-state index contributed by atoms with van der Waals surface area (Å²) in [6, 6.07) is 4.60. The largest absolute Gasteiger partial charge is 0.309 e. The van der Waals surface area contributed by atoms with Gasteiger partial charge in [-0.25, -0.2) is 22.8 Å². The molecule has 0 unspecified atom stereocenters. The van der Waals surface area contributed by atoms with Crippen molar-refractivity contribution in [2.24, 2.45) is 0 Å². The summed E-state index contributed by atoms with van der Waals surface area (Å²) in [5.41, 5.74) is 1.67. The molecule has 1 amide bonds. The summed E-state index contributed by atoms with van der Waals surface area (Å²) in [5, 5.41) is 4.12. The van der Waals surface area contributed by atoms with Gasteiger partial charge in [-0.3, -0.25) is 4.79 Å². The summed E-state index contributed by atoms with van der Waals surface area (Å²) in [7, 11) is -3.69. The maximum Gasteiger partial charge on any atom is 0.241 e. The average Bonchev–Trinajstić information content (AvgIpc) is 3.17. The zero-order valence-electron chi connectivity index (χ0n) is 14.7. The van der Waals surface area contributed by atoms with E-state index >= 15 is 0 Å². The lowest BCUT2D eigenvalue weighted by atomic mass is 10.1. The summed E-state index contributed by atoms with van der Waals surface area (Å²) in [6.07, 6.45) is 3.64. The molecule has 2 aromatic rings. The predicted octanol–water partition coefficient (Wildman–Crippen LogP) is 1.39. The minimum atomic E-state index is -3.69. The Bertz CT molecular complexity index is 969. The second-order valence-electron chi connectivity index (χ2n) is 6.89. The van der Waals surface area contributed by atoms with Crippen LogP contribution in [0.1, 0.15) is 44.1 Å². The van der Waals surface area contributed by atoms with Crippen LogP contribution in [0, 0.1) is 0 Å². The Morgan fingerprint density at radius 1 is 1.35 bits per heavy atom. The molecule has 1 aromatic heterocycles. The average molecular weight is 375 g/mol. The molecule has 9 heteroatoms. The number of carbonyl (C=O) groups excluding carboxylic acids is 1. The van der Waals surface area contributed by atoms with E-state index in [9.17, 15) is 13.2 Å². The van der Waals surface area contributed by atoms with Gasteiger partial charge in [-0.1, -0.05) is 0 Å². The standard InChI is InChI=1S/C17H21N5O3S/c1-11-8-13-9-14(5-6-16(13)22(11)12(2)23)26(24,25)20-15-4-3-7-21-17(15)18-10-19-21/h5-6,9-11,15,20H,3-4,7-8H2,1-2H3/t11-,15+/m0/s1. The van der Waals surface area contributed by atoms with Crippen LogP contribution in [0.25, 0.3) is 0 Å². The number of sulfonamides is 1. The number of anilines is 1. The molecule has 0 saturated heterocycles. The molecule has 26 heavy (non-hydrogen) atoms. The van der Waals surface area contributed by atoms with Gasteiger partial charge in [0.05, 0.1) is 10.9 Å². The van der Waals surface area contributed by atoms with Crippen LogP contribution in [0.5, 0.6) is 0 Å². The topological polar surface area (TPSA) is 97.2 Å². The number of nitrogens with zero attached hydrogens (tertiary/aromatic N) is 4. The lowest BCUT2D eigenvalue weighted by Gasteiger charge is -2.23. The predicted molar refractivity (Wildman–Crippen MR) is 95.1 cm³/mol. The molecule has 1 N–H and O–H groups in total. The van der Waals surface area contributed by atoms with E-state index in [-0.39, 0.29) is 22.9 Å². The summed E-state index contributed by atoms with van der Waals surface area (Å²) in [5.74, 6) is 0.615. The quantitative estimate of drug-likeness (QED) is 0.874. The van der Waals surface area contributed by atoms with Gasteiger partial charge >= 0.3 is 0 Å². The number of nitrogens with one attached hydrogen (secondary N) is 1. The first-order valence-corrected chi connectivity index (χ1v) is 10.2. The highest BCUT2D eigenvalue weighted by Gasteiger charge is 2.32. The van der Waals surface area contributed by atoms with Crippen LogP contribution in [-0.2, 0) is 27.8 Å². The number of aryl methyl sites for hydroxylation is 1. The molecule has 2 aliphatic rings. The smallest absolute Gasteiger partial charge is 0.241 e. The summed E-state index contributed by atoms with van der Waals surface area (Å²) in [6.45, 7) is 4.24. The zero-order valence-corrected chi connectivity index (χ0v) is 15.5. The van der Waals surface area contributed by atoms with E-state index in [1.54, 1.807) is 27.8 Å². The molecular weight excluding hydrogens is 354 g/mol. The van der Waals surface area contributed by atoms with Crippen molar-refractivity contribution in [1.82, 2.24) is 19.5 Å². The van der Waals surface area contributed by atoms with E-state index in [0.29, 0.717) is 18.7 Å². The van der Waals surface area contributed by atoms with Crippen molar-refractivity contribution in [2.75, 3.05) is 4.90 Å². The Morgan fingerprint density at radius 3 is 2.92 bits per heavy atom. The summed E-state index contributed by atoms with van der Waals surface area (Å²) < 4.78 is 30.3. The number of hydrogen-bond acceptors (Lipinski definition) is 5. The molecule has 0 radical (unpaired) electrons. The highest BCUT2D eigenvalue weighted by Crippen LogP contribution is 2.34. The van der Waals surface area contributed by atoms with Crippen molar-refractivity contribution in [3.8, 4) is 0 Å². The molecule has 138 valence electrons. The van der Waals surface area contributed by atoms with E-state index in [0.717, 1.165) is 24.2 Å². The molecule has 0 aliphatic carbocycles. The number of carbonyl (C=O) groups is 1. The van der Waals surface area contributed by atoms with Crippen LogP contribution in [0.2, 0.25) is 0 Å². The van der Waals surface area contributed by atoms with Crippen LogP contribution in [0.15, 0.2) is 29.4 Å². The number of fused-ring (bicyclic) bond motifs is 2. The van der Waals surface area contributed by atoms with Gasteiger partial charge in [0.15, 0.2) is 0 Å². The van der Waals surface area contributed by atoms with Crippen molar-refractivity contribution >= 4 is 21.6 Å². The normalized spacial score (nSPS) is 22.2. The van der Waals surface area contributed by atoms with Gasteiger partial charge in [0.1, 0.15) is 12.2 Å². The minimum absolute atomic E-state index is 0.0327. The Hall–Kier alpha value is -2.26. The van der Waals surface area contributed by atoms with Gasteiger partial charge in [-0.15, -0.1) is 0 Å². The summed E-state index contributed by atoms with van der Waals surface area (Å²) >= 11 is 0. The lowest BCUT2D eigenvalue weighted by Crippen LogP contribution is -2.33. The second kappa shape index (κ2) is 6.17. The van der Waals surface area contributed by atoms with Crippen molar-refractivity contribution < 1.29 is 13.2 Å². The third-order valence-electron chi connectivity index (χ3n) is 5.03. The highest BCUT2D eigenvalue weighted by molar-refractivity contribution is 7.89. The van der Waals surface area contributed by atoms with Gasteiger partial charge < -0.3 is 4.90 Å². The number of rotatable bonds is 3. The van der Waals surface area contributed by atoms with Crippen molar-refractivity contribution in [1.29, 1.82) is 0 Å². The number of amides is 1. The molecule has 1 aromatic carbocycles. The van der Waals surface area contributed by atoms with Crippen molar-refractivity contribution in [3.05, 3.63) is 35.9 Å². The summed E-state index contributed by atoms with van der Waals surface area (Å²) in [4.78, 5) is 18.0. The number of benzene rings is 1. The Kier molecular flexibility index (Phi) is 4.07. The molecule has 0 saturated carbocycles. The van der Waals surface area contributed by atoms with E-state index in [1.807, 2.05) is 6.92 Å². The van der Waals surface area contributed by atoms with Gasteiger partial charge in [0.2, 0.25) is 15.9 Å². The Labute approximate surface area is 152 Å². The molecule has 0 bridgehead atoms. The van der Waals surface area contributed by atoms with E-state index in [4.69, 9.17) is 0 Å². The third-order valence-corrected chi connectivity index (χ3v) is 6.50. The van der Waals surface area contributed by atoms with Crippen LogP contribution in [-0.4, -0.2) is 35.1 Å². The molecule has 2 aliphatic heterocycles. The molecule has 2 atom stereocenters. The minimum Gasteiger partial charge on any atom is -0.309 e. The second-order valence-corrected chi connectivity index (χ2v) is 8.60. The van der Waals surface area contributed by atoms with Crippen LogP contribution >= 0.6 is 0 Å². The van der Waals surface area contributed by atoms with Gasteiger partial charge in [-0.05, 0) is 49.9 Å². The van der Waals surface area contributed by atoms with Crippen LogP contribution in [0.3, 0.4) is 0 Å². The fourth-order valence-electron chi connectivity index (χ4n) is 3.91. The third kappa shape index (κ3) is 2.80. The first kappa shape index (κ1) is 17.2. The monoisotopic (exact) mass is 375 g/mol. The Balaban J connectivity index is 1.63. The molecule has 0 spiro atoms. The number of hydrogen-bond donors (Lipinski definition) is 1. The van der Waals surface area contributed by atoms with Crippen LogP contribution in [0.4, 0.5) is 5.69 Å². The maximum atomic E-state index is 12.9. The van der Waals surface area contributed by atoms with Gasteiger partial charge in [0, 0.05) is 25.2 Å². The fourth-order valence-corrected chi connectivity index (χ4v) is 5.19. The first-order valence-electron chi connectivity index (χ1n) is 8.69. The SMILES string of the molecule is CC(=O)N1c2ccc(S(=O)(=O)N[C@@H]3CCCn4ncnc43)cc2C[C@@H]1C. The fraction of sp³-hybridized carbons (Fsp3) is 0.471. The van der Waals surface area contributed by atoms with Gasteiger partial charge in [0.25, 0.3) is 0 Å². The van der Waals surface area contributed by atoms with E-state index < -0.39 is 10.0 Å². The lowest BCUT2D eigenvalue weighted by molar-refractivity contribution is -0.116. The zero-order chi connectivity index (χ0) is 18.5. The molecule has 0 fully saturated rings. The maximum absolute atomic E-state index is 12.9. The van der Waals surface area contributed by atoms with Crippen LogP contribution < -0.4 is 9.62 Å². The molecule has 8 nitrogen and oxygen atoms in total. The molecular formula is C17H21N5O3S. The van der Waals surface area contributed by atoms with Crippen molar-refractivity contribution in [3.63, 3.8) is 0 Å².